The summed E-state index contributed by atoms with van der Waals surface area (Å²) in [5, 5.41) is 60.4. The number of hydrogen-bond donors (Lipinski definition) is 10. The van der Waals surface area contributed by atoms with Crippen LogP contribution in [0.2, 0.25) is 0 Å². The zero-order valence-electron chi connectivity index (χ0n) is 36.7. The second-order valence-electron chi connectivity index (χ2n) is 17.3. The Morgan fingerprint density at radius 1 is 1.12 bits per heavy atom. The first-order chi connectivity index (χ1) is 30.6. The maximum absolute atomic E-state index is 15.1. The van der Waals surface area contributed by atoms with Gasteiger partial charge in [-0.2, -0.15) is 8.42 Å². The lowest BCUT2D eigenvalue weighted by Crippen LogP contribution is -2.80. The number of alkyl carbamates (subject to hydrolysis) is 1. The quantitative estimate of drug-likeness (QED) is 0.0136. The fourth-order valence-corrected chi connectivity index (χ4v) is 9.26. The summed E-state index contributed by atoms with van der Waals surface area (Å²) in [5.41, 5.74) is 4.52. The highest BCUT2D eigenvalue weighted by Gasteiger charge is 2.70. The van der Waals surface area contributed by atoms with Crippen LogP contribution in [0.5, 0.6) is 0 Å². The van der Waals surface area contributed by atoms with Gasteiger partial charge in [0.1, 0.15) is 61.9 Å². The molecule has 5 rings (SSSR count). The third-order valence-corrected chi connectivity index (χ3v) is 12.7. The van der Waals surface area contributed by atoms with Crippen molar-refractivity contribution in [2.24, 2.45) is 11.7 Å². The van der Waals surface area contributed by atoms with Gasteiger partial charge in [0.2, 0.25) is 11.8 Å². The highest BCUT2D eigenvalue weighted by molar-refractivity contribution is 7.80. The molecule has 13 atom stereocenters. The molecule has 11 N–H and O–H groups in total. The van der Waals surface area contributed by atoms with E-state index in [1.54, 1.807) is 18.7 Å². The van der Waals surface area contributed by atoms with Crippen molar-refractivity contribution in [2.45, 2.75) is 151 Å². The number of amides is 4. The molecular weight excluding hydrogens is 887 g/mol. The summed E-state index contributed by atoms with van der Waals surface area (Å²) < 4.78 is 64.2. The van der Waals surface area contributed by atoms with Gasteiger partial charge in [0.15, 0.2) is 24.0 Å². The molecule has 4 aliphatic heterocycles. The number of nitrogens with two attached hydrogens (primary N) is 1. The molecule has 4 fully saturated rings. The number of methoxy groups -OCH3 is 1. The predicted molar refractivity (Wildman–Crippen MR) is 221 cm³/mol. The predicted octanol–water partition coefficient (Wildman–Crippen LogP) is -3.11. The second-order valence-corrected chi connectivity index (χ2v) is 18.4. The molecular formula is C39H63N7O18S. The summed E-state index contributed by atoms with van der Waals surface area (Å²) in [5.74, 6) is -3.77. The van der Waals surface area contributed by atoms with Gasteiger partial charge in [-0.25, -0.2) is 8.98 Å². The van der Waals surface area contributed by atoms with Gasteiger partial charge in [-0.05, 0) is 31.6 Å². The number of fused-ring (bicyclic) bond motifs is 1. The fourth-order valence-electron chi connectivity index (χ4n) is 8.96. The van der Waals surface area contributed by atoms with E-state index in [1.807, 2.05) is 13.0 Å². The Kier molecular flexibility index (Phi) is 17.5. The van der Waals surface area contributed by atoms with Crippen molar-refractivity contribution in [3.63, 3.8) is 0 Å². The maximum atomic E-state index is 15.1. The number of likely N-dealkylation sites (tertiary alicyclic amines) is 1. The number of aliphatic hydroxyl groups is 4. The average Bonchev–Trinajstić information content (AvgIpc) is 3.84. The molecule has 3 saturated heterocycles. The molecule has 4 amide bonds. The number of nitrogens with one attached hydrogen (secondary N) is 4. The summed E-state index contributed by atoms with van der Waals surface area (Å²) in [7, 11) is -3.95. The lowest BCUT2D eigenvalue weighted by Gasteiger charge is -2.58. The van der Waals surface area contributed by atoms with Gasteiger partial charge in [-0.1, -0.05) is 45.3 Å². The van der Waals surface area contributed by atoms with E-state index in [2.05, 4.69) is 20.1 Å². The van der Waals surface area contributed by atoms with Crippen LogP contribution < -0.4 is 21.7 Å². The van der Waals surface area contributed by atoms with Crippen molar-refractivity contribution in [2.75, 3.05) is 40.0 Å². The average molecular weight is 950 g/mol. The first-order valence-electron chi connectivity index (χ1n) is 21.6. The number of carbonyl (C=O) groups excluding carboxylic acids is 5. The number of guanidine groups is 1. The van der Waals surface area contributed by atoms with E-state index >= 15 is 4.79 Å². The standard InChI is InChI=1S/C39H63N7O18S/c1-5-6-7-8-26(47)60-17-24-28(48)29(49)30(50)36(63-24)62-21-14-23-32(51)39(15-21)31(44-38(55)64-39)27(34(53)42-11-9-20-10-12-45(16-20)37(40)41)46(23)35(54)22(13-19(2)3)43-33(52)25(59-4)18-61-65(56,57)58/h10,19,21-25,27-32,36,48-51H,5-9,11-18H2,1-4H3,(H3,40,41)(H,42,53)(H,43,52)(H,44,55)(H,56,57,58)/t21-,22-,23+,24-,25?,27-,28-,29+,30-,31+,32?,36+,39-/m1/s1. The minimum Gasteiger partial charge on any atom is -0.463 e. The van der Waals surface area contributed by atoms with Gasteiger partial charge in [-0.15, -0.1) is 0 Å². The van der Waals surface area contributed by atoms with Gasteiger partial charge in [-0.3, -0.25) is 29.1 Å². The summed E-state index contributed by atoms with van der Waals surface area (Å²) in [4.78, 5) is 71.4. The molecule has 0 radical (unpaired) electrons. The van der Waals surface area contributed by atoms with Crippen molar-refractivity contribution >= 4 is 46.1 Å². The molecule has 0 aromatic heterocycles. The number of nitrogens with zero attached hydrogens (tertiary/aromatic N) is 2. The van der Waals surface area contributed by atoms with Crippen molar-refractivity contribution in [3.8, 4) is 0 Å². The van der Waals surface area contributed by atoms with Gasteiger partial charge >= 0.3 is 22.5 Å². The molecule has 1 spiro atoms. The summed E-state index contributed by atoms with van der Waals surface area (Å²) in [6.07, 6.45) is -10.3. The number of unbranched alkanes of at least 4 members (excludes halogenated alkanes) is 2. The molecule has 368 valence electrons. The third kappa shape index (κ3) is 12.4. The number of piperidine rings is 1. The highest BCUT2D eigenvalue weighted by atomic mass is 32.3. The monoisotopic (exact) mass is 949 g/mol. The van der Waals surface area contributed by atoms with Crippen molar-refractivity contribution in [1.82, 2.24) is 25.8 Å². The first-order valence-corrected chi connectivity index (χ1v) is 23.0. The van der Waals surface area contributed by atoms with E-state index in [1.165, 1.54) is 0 Å². The summed E-state index contributed by atoms with van der Waals surface area (Å²) >= 11 is 0. The van der Waals surface area contributed by atoms with E-state index in [4.69, 9.17) is 39.4 Å². The minimum atomic E-state index is -5.01. The van der Waals surface area contributed by atoms with E-state index < -0.39 is 132 Å². The Morgan fingerprint density at radius 2 is 1.85 bits per heavy atom. The fraction of sp³-hybridized carbons (Fsp3) is 0.795. The lowest BCUT2D eigenvalue weighted by atomic mass is 9.66. The molecule has 25 nitrogen and oxygen atoms in total. The van der Waals surface area contributed by atoms with Crippen LogP contribution >= 0.6 is 0 Å². The molecule has 0 aromatic carbocycles. The van der Waals surface area contributed by atoms with Crippen molar-refractivity contribution in [3.05, 3.63) is 11.6 Å². The SMILES string of the molecule is CCCCCC(=O)OC[C@H]1O[C@H](O[C@@H]2C[C@H]3C(O)[C@]4(C2)OC(=O)N[C@H]4[C@H](C(=O)NCCC2=CCN(C(=N)N)C2)N3C(=O)[C@@H](CC(C)C)NC(=O)C(COS(=O)(=O)O)OC)[C@H](O)[C@@H](O)[C@@H]1O. The maximum Gasteiger partial charge on any atom is 0.408 e. The molecule has 26 heteroatoms. The van der Waals surface area contributed by atoms with Crippen LogP contribution in [0.25, 0.3) is 0 Å². The number of rotatable bonds is 21. The van der Waals surface area contributed by atoms with Crippen LogP contribution in [0, 0.1) is 11.3 Å². The summed E-state index contributed by atoms with van der Waals surface area (Å²) in [6, 6.07) is -5.99. The van der Waals surface area contributed by atoms with Crippen LogP contribution in [0.1, 0.15) is 72.1 Å². The van der Waals surface area contributed by atoms with Crippen molar-refractivity contribution < 1.29 is 85.2 Å². The zero-order valence-corrected chi connectivity index (χ0v) is 37.5. The van der Waals surface area contributed by atoms with Crippen LogP contribution in [0.15, 0.2) is 11.6 Å². The van der Waals surface area contributed by atoms with Crippen LogP contribution in [-0.4, -0.2) is 198 Å². The third-order valence-electron chi connectivity index (χ3n) is 12.2. The molecule has 5 aliphatic rings. The molecule has 1 aliphatic carbocycles. The Labute approximate surface area is 376 Å². The minimum absolute atomic E-state index is 0.0260. The Morgan fingerprint density at radius 3 is 2.48 bits per heavy atom. The molecule has 0 aromatic rings. The van der Waals surface area contributed by atoms with Crippen LogP contribution in [-0.2, 0) is 57.4 Å². The number of carbonyl (C=O) groups is 5. The largest absolute Gasteiger partial charge is 0.463 e. The normalized spacial score (nSPS) is 31.8. The van der Waals surface area contributed by atoms with Crippen LogP contribution in [0.4, 0.5) is 4.79 Å². The number of hydrogen-bond acceptors (Lipinski definition) is 18. The number of aliphatic hydroxyl groups excluding tert-OH is 4. The van der Waals surface area contributed by atoms with E-state index in [0.29, 0.717) is 25.9 Å². The molecule has 2 bridgehead atoms. The van der Waals surface area contributed by atoms with Gasteiger partial charge in [0.05, 0.1) is 12.1 Å². The Hall–Kier alpha value is -4.25. The second kappa shape index (κ2) is 22.0. The van der Waals surface area contributed by atoms with Gasteiger partial charge < -0.3 is 75.6 Å². The molecule has 4 heterocycles. The van der Waals surface area contributed by atoms with E-state index in [0.717, 1.165) is 30.4 Å². The number of ether oxygens (including phenoxy) is 5. The molecule has 2 unspecified atom stereocenters. The van der Waals surface area contributed by atoms with Crippen LogP contribution in [0.3, 0.4) is 0 Å². The molecule has 65 heavy (non-hydrogen) atoms. The van der Waals surface area contributed by atoms with E-state index in [-0.39, 0.29) is 44.1 Å². The highest BCUT2D eigenvalue weighted by Crippen LogP contribution is 2.48. The first kappa shape index (κ1) is 51.7. The topological polar surface area (TPSA) is 368 Å². The Balaban J connectivity index is 1.46. The lowest BCUT2D eigenvalue weighted by molar-refractivity contribution is -0.322. The summed E-state index contributed by atoms with van der Waals surface area (Å²) in [6.45, 7) is 4.70. The Bertz CT molecular complexity index is 1890. The zero-order chi connectivity index (χ0) is 48.0. The van der Waals surface area contributed by atoms with Gasteiger partial charge in [0.25, 0.3) is 5.91 Å². The number of esters is 1. The smallest absolute Gasteiger partial charge is 0.408 e. The van der Waals surface area contributed by atoms with E-state index in [9.17, 15) is 48.0 Å². The molecule has 1 saturated carbocycles. The van der Waals surface area contributed by atoms with Gasteiger partial charge in [0, 0.05) is 39.6 Å². The van der Waals surface area contributed by atoms with Crippen molar-refractivity contribution in [1.29, 1.82) is 5.41 Å².